The van der Waals surface area contributed by atoms with Crippen LogP contribution in [0.25, 0.3) is 21.9 Å². The number of nitrogens with zero attached hydrogens (tertiary/aromatic N) is 2. The first-order valence-electron chi connectivity index (χ1n) is 8.41. The molecular weight excluding hydrogens is 314 g/mol. The fraction of sp³-hybridized carbons (Fsp3) is 0.211. The van der Waals surface area contributed by atoms with Crippen LogP contribution in [-0.4, -0.2) is 26.1 Å². The number of fused-ring (bicyclic) bond motifs is 2. The van der Waals surface area contributed by atoms with E-state index >= 15 is 0 Å². The minimum Gasteiger partial charge on any atom is -0.361 e. The summed E-state index contributed by atoms with van der Waals surface area (Å²) in [6.45, 7) is 0.439. The summed E-state index contributed by atoms with van der Waals surface area (Å²) in [6.07, 6.45) is 5.94. The minimum absolute atomic E-state index is 0.0477. The summed E-state index contributed by atoms with van der Waals surface area (Å²) >= 11 is 0. The van der Waals surface area contributed by atoms with Crippen LogP contribution in [0.2, 0.25) is 0 Å². The number of amides is 1. The molecule has 6 heteroatoms. The number of aryl methyl sites for hydroxylation is 1. The lowest BCUT2D eigenvalue weighted by atomic mass is 10.1. The van der Waals surface area contributed by atoms with Crippen molar-refractivity contribution < 1.29 is 4.79 Å². The SMILES string of the molecule is O=C(CCCc1c[nH]c2ccccc12)NCc1[nH]nc2ncccc12. The van der Waals surface area contributed by atoms with Crippen LogP contribution < -0.4 is 5.32 Å². The van der Waals surface area contributed by atoms with E-state index in [-0.39, 0.29) is 5.91 Å². The molecule has 0 fully saturated rings. The Morgan fingerprint density at radius 2 is 2.00 bits per heavy atom. The van der Waals surface area contributed by atoms with Gasteiger partial charge in [0.1, 0.15) is 0 Å². The van der Waals surface area contributed by atoms with E-state index < -0.39 is 0 Å². The van der Waals surface area contributed by atoms with E-state index in [9.17, 15) is 4.79 Å². The molecule has 3 aromatic heterocycles. The number of pyridine rings is 1. The molecule has 1 aromatic carbocycles. The molecule has 1 amide bonds. The predicted molar refractivity (Wildman–Crippen MR) is 97.0 cm³/mol. The number of hydrogen-bond donors (Lipinski definition) is 3. The molecule has 0 atom stereocenters. The van der Waals surface area contributed by atoms with Gasteiger partial charge < -0.3 is 10.3 Å². The first-order valence-corrected chi connectivity index (χ1v) is 8.41. The van der Waals surface area contributed by atoms with Gasteiger partial charge in [-0.15, -0.1) is 0 Å². The fourth-order valence-corrected chi connectivity index (χ4v) is 3.09. The molecule has 0 bridgehead atoms. The van der Waals surface area contributed by atoms with Gasteiger partial charge in [0.15, 0.2) is 5.65 Å². The quantitative estimate of drug-likeness (QED) is 0.507. The van der Waals surface area contributed by atoms with Gasteiger partial charge in [0.05, 0.1) is 12.2 Å². The highest BCUT2D eigenvalue weighted by atomic mass is 16.1. The molecular formula is C19H19N5O. The molecule has 126 valence electrons. The molecule has 25 heavy (non-hydrogen) atoms. The van der Waals surface area contributed by atoms with Crippen molar-refractivity contribution in [3.8, 4) is 0 Å². The zero-order chi connectivity index (χ0) is 17.1. The van der Waals surface area contributed by atoms with Crippen LogP contribution in [0, 0.1) is 0 Å². The molecule has 4 rings (SSSR count). The maximum atomic E-state index is 12.1. The molecule has 0 aliphatic heterocycles. The van der Waals surface area contributed by atoms with Crippen LogP contribution in [0.15, 0.2) is 48.8 Å². The Kier molecular flexibility index (Phi) is 4.16. The summed E-state index contributed by atoms with van der Waals surface area (Å²) in [4.78, 5) is 19.5. The summed E-state index contributed by atoms with van der Waals surface area (Å²) in [5.74, 6) is 0.0477. The molecule has 3 N–H and O–H groups in total. The van der Waals surface area contributed by atoms with Crippen molar-refractivity contribution in [1.29, 1.82) is 0 Å². The van der Waals surface area contributed by atoms with Gasteiger partial charge in [-0.25, -0.2) is 4.98 Å². The molecule has 0 aliphatic rings. The van der Waals surface area contributed by atoms with E-state index in [1.165, 1.54) is 10.9 Å². The lowest BCUT2D eigenvalue weighted by Gasteiger charge is -2.04. The number of hydrogen-bond acceptors (Lipinski definition) is 3. The van der Waals surface area contributed by atoms with E-state index in [0.29, 0.717) is 18.6 Å². The minimum atomic E-state index is 0.0477. The van der Waals surface area contributed by atoms with Gasteiger partial charge >= 0.3 is 0 Å². The second-order valence-electron chi connectivity index (χ2n) is 6.07. The van der Waals surface area contributed by atoms with Crippen molar-refractivity contribution in [2.24, 2.45) is 0 Å². The maximum Gasteiger partial charge on any atom is 0.220 e. The van der Waals surface area contributed by atoms with Crippen LogP contribution in [0.4, 0.5) is 0 Å². The average Bonchev–Trinajstić information content (AvgIpc) is 3.24. The number of aromatic amines is 2. The van der Waals surface area contributed by atoms with E-state index in [1.54, 1.807) is 6.20 Å². The number of benzene rings is 1. The first-order chi connectivity index (χ1) is 12.3. The fourth-order valence-electron chi connectivity index (χ4n) is 3.09. The van der Waals surface area contributed by atoms with Crippen molar-refractivity contribution in [2.75, 3.05) is 0 Å². The number of aromatic nitrogens is 4. The van der Waals surface area contributed by atoms with Crippen LogP contribution in [-0.2, 0) is 17.8 Å². The van der Waals surface area contributed by atoms with Crippen LogP contribution in [0.3, 0.4) is 0 Å². The van der Waals surface area contributed by atoms with Crippen LogP contribution in [0.1, 0.15) is 24.1 Å². The third-order valence-electron chi connectivity index (χ3n) is 4.40. The molecule has 0 saturated heterocycles. The zero-order valence-corrected chi connectivity index (χ0v) is 13.7. The number of para-hydroxylation sites is 1. The van der Waals surface area contributed by atoms with Crippen molar-refractivity contribution in [1.82, 2.24) is 25.5 Å². The molecule has 3 heterocycles. The molecule has 4 aromatic rings. The highest BCUT2D eigenvalue weighted by Gasteiger charge is 2.08. The first kappa shape index (κ1) is 15.4. The Balaban J connectivity index is 1.29. The van der Waals surface area contributed by atoms with Crippen molar-refractivity contribution in [2.45, 2.75) is 25.8 Å². The molecule has 0 aliphatic carbocycles. The van der Waals surface area contributed by atoms with E-state index in [2.05, 4.69) is 37.6 Å². The molecule has 0 saturated carbocycles. The molecule has 0 spiro atoms. The summed E-state index contributed by atoms with van der Waals surface area (Å²) in [7, 11) is 0. The predicted octanol–water partition coefficient (Wildman–Crippen LogP) is 3.08. The van der Waals surface area contributed by atoms with E-state index in [0.717, 1.165) is 29.4 Å². The van der Waals surface area contributed by atoms with Gasteiger partial charge in [-0.05, 0) is 36.6 Å². The average molecular weight is 333 g/mol. The van der Waals surface area contributed by atoms with Crippen LogP contribution >= 0.6 is 0 Å². The Bertz CT molecular complexity index is 1020. The summed E-state index contributed by atoms with van der Waals surface area (Å²) in [5, 5.41) is 12.2. The van der Waals surface area contributed by atoms with Crippen molar-refractivity contribution in [3.05, 3.63) is 60.0 Å². The van der Waals surface area contributed by atoms with Crippen molar-refractivity contribution in [3.63, 3.8) is 0 Å². The van der Waals surface area contributed by atoms with Gasteiger partial charge in [-0.2, -0.15) is 5.10 Å². The Morgan fingerprint density at radius 1 is 1.12 bits per heavy atom. The number of nitrogens with one attached hydrogen (secondary N) is 3. The summed E-state index contributed by atoms with van der Waals surface area (Å²) in [5.41, 5.74) is 3.95. The van der Waals surface area contributed by atoms with E-state index in [4.69, 9.17) is 0 Å². The normalized spacial score (nSPS) is 11.2. The van der Waals surface area contributed by atoms with Gasteiger partial charge in [0, 0.05) is 35.1 Å². The Labute approximate surface area is 144 Å². The second kappa shape index (κ2) is 6.76. The van der Waals surface area contributed by atoms with E-state index in [1.807, 2.05) is 30.5 Å². The van der Waals surface area contributed by atoms with Gasteiger partial charge in [-0.1, -0.05) is 18.2 Å². The standard InChI is InChI=1S/C19H19N5O/c25-18(22-12-17-15-7-4-10-20-19(15)24-23-17)9-3-5-13-11-21-16-8-2-1-6-14(13)16/h1-2,4,6-8,10-11,21H,3,5,9,12H2,(H,22,25)(H,20,23,24). The number of carbonyl (C=O) groups is 1. The van der Waals surface area contributed by atoms with Crippen molar-refractivity contribution >= 4 is 27.8 Å². The second-order valence-corrected chi connectivity index (χ2v) is 6.07. The highest BCUT2D eigenvalue weighted by Crippen LogP contribution is 2.19. The third kappa shape index (κ3) is 3.24. The topological polar surface area (TPSA) is 86.5 Å². The maximum absolute atomic E-state index is 12.1. The largest absolute Gasteiger partial charge is 0.361 e. The smallest absolute Gasteiger partial charge is 0.220 e. The Hall–Kier alpha value is -3.15. The molecule has 0 radical (unpaired) electrons. The lowest BCUT2D eigenvalue weighted by Crippen LogP contribution is -2.22. The molecule has 6 nitrogen and oxygen atoms in total. The van der Waals surface area contributed by atoms with Gasteiger partial charge in [-0.3, -0.25) is 9.89 Å². The lowest BCUT2D eigenvalue weighted by molar-refractivity contribution is -0.121. The highest BCUT2D eigenvalue weighted by molar-refractivity contribution is 5.83. The summed E-state index contributed by atoms with van der Waals surface area (Å²) in [6, 6.07) is 12.0. The van der Waals surface area contributed by atoms with Gasteiger partial charge in [0.25, 0.3) is 0 Å². The van der Waals surface area contributed by atoms with Gasteiger partial charge in [0.2, 0.25) is 5.91 Å². The number of H-pyrrole nitrogens is 2. The van der Waals surface area contributed by atoms with Crippen LogP contribution in [0.5, 0.6) is 0 Å². The molecule has 0 unspecified atom stereocenters. The zero-order valence-electron chi connectivity index (χ0n) is 13.7. The monoisotopic (exact) mass is 333 g/mol. The summed E-state index contributed by atoms with van der Waals surface area (Å²) < 4.78 is 0. The number of carbonyl (C=O) groups excluding carboxylic acids is 1. The number of rotatable bonds is 6. The Morgan fingerprint density at radius 3 is 2.96 bits per heavy atom. The third-order valence-corrected chi connectivity index (χ3v) is 4.40.